The third-order valence-corrected chi connectivity index (χ3v) is 13.1. The Morgan fingerprint density at radius 1 is 0.435 bits per heavy atom. The number of carbonyl (C=O) groups excluding carboxylic acids is 2. The molecule has 0 aromatic heterocycles. The highest BCUT2D eigenvalue weighted by Gasteiger charge is 2.20. The number of esters is 1. The van der Waals surface area contributed by atoms with Crippen molar-refractivity contribution in [3.8, 4) is 0 Å². The van der Waals surface area contributed by atoms with Crippen LogP contribution in [0.3, 0.4) is 0 Å². The summed E-state index contributed by atoms with van der Waals surface area (Å²) in [6, 6.07) is -0.553. The zero-order valence-corrected chi connectivity index (χ0v) is 41.9. The first-order valence-corrected chi connectivity index (χ1v) is 27.9. The number of aliphatic hydroxyl groups is 2. The molecule has 0 radical (unpaired) electrons. The number of allylic oxidation sites excluding steroid dienone is 2. The molecular weight excluding hydrogens is 767 g/mol. The van der Waals surface area contributed by atoms with E-state index in [1.54, 1.807) is 0 Å². The van der Waals surface area contributed by atoms with E-state index in [1.165, 1.54) is 218 Å². The molecule has 6 heteroatoms. The monoisotopic (exact) mass is 876 g/mol. The number of amides is 1. The molecule has 0 aromatic rings. The summed E-state index contributed by atoms with van der Waals surface area (Å²) >= 11 is 0. The summed E-state index contributed by atoms with van der Waals surface area (Å²) in [7, 11) is 0. The van der Waals surface area contributed by atoms with Gasteiger partial charge in [-0.3, -0.25) is 9.59 Å². The number of carbonyl (C=O) groups is 2. The predicted octanol–water partition coefficient (Wildman–Crippen LogP) is 16.9. The Kier molecular flexibility index (Phi) is 51.0. The van der Waals surface area contributed by atoms with Crippen molar-refractivity contribution in [2.75, 3.05) is 13.2 Å². The Labute approximate surface area is 387 Å². The summed E-state index contributed by atoms with van der Waals surface area (Å²) in [4.78, 5) is 24.5. The number of hydrogen-bond acceptors (Lipinski definition) is 5. The first kappa shape index (κ1) is 60.6. The quantitative estimate of drug-likeness (QED) is 0.0321. The van der Waals surface area contributed by atoms with E-state index in [0.29, 0.717) is 25.9 Å². The van der Waals surface area contributed by atoms with Crippen molar-refractivity contribution >= 4 is 11.9 Å². The number of unbranched alkanes of at least 4 members (excludes halogenated alkanes) is 39. The van der Waals surface area contributed by atoms with Crippen LogP contribution in [0.25, 0.3) is 0 Å². The fourth-order valence-corrected chi connectivity index (χ4v) is 8.75. The van der Waals surface area contributed by atoms with Crippen molar-refractivity contribution in [3.63, 3.8) is 0 Å². The molecule has 0 spiro atoms. The van der Waals surface area contributed by atoms with Crippen LogP contribution in [-0.2, 0) is 14.3 Å². The SMILES string of the molecule is CCCCCCCCC/C=C\CCCCCCCC(=O)OCCCCCCCCCCCCCCC(=O)NC(CO)C(O)CCCCCCCCCCCCCCCCCCC. The maximum absolute atomic E-state index is 12.5. The van der Waals surface area contributed by atoms with Gasteiger partial charge < -0.3 is 20.3 Å². The van der Waals surface area contributed by atoms with Crippen molar-refractivity contribution in [3.05, 3.63) is 12.2 Å². The number of rotatable bonds is 52. The third-order valence-electron chi connectivity index (χ3n) is 13.1. The van der Waals surface area contributed by atoms with E-state index in [9.17, 15) is 19.8 Å². The highest BCUT2D eigenvalue weighted by atomic mass is 16.5. The standard InChI is InChI=1S/C56H109NO5/c1-3-5-7-9-11-13-15-17-19-21-22-24-28-32-36-40-44-48-54(59)53(52-58)57-55(60)49-45-41-37-33-29-26-27-31-35-39-43-47-51-62-56(61)50-46-42-38-34-30-25-23-20-18-16-14-12-10-8-6-4-2/h20,23,53-54,58-59H,3-19,21-22,24-52H2,1-2H3,(H,57,60)/b23-20-. The minimum atomic E-state index is -0.674. The van der Waals surface area contributed by atoms with Gasteiger partial charge in [0.2, 0.25) is 5.91 Å². The van der Waals surface area contributed by atoms with Gasteiger partial charge in [-0.15, -0.1) is 0 Å². The van der Waals surface area contributed by atoms with Gasteiger partial charge in [0.25, 0.3) is 0 Å². The Morgan fingerprint density at radius 3 is 1.15 bits per heavy atom. The van der Waals surface area contributed by atoms with Crippen LogP contribution in [0.2, 0.25) is 0 Å². The first-order valence-electron chi connectivity index (χ1n) is 27.9. The lowest BCUT2D eigenvalue weighted by atomic mass is 10.0. The van der Waals surface area contributed by atoms with Crippen LogP contribution in [0.1, 0.15) is 309 Å². The molecule has 2 unspecified atom stereocenters. The van der Waals surface area contributed by atoms with E-state index < -0.39 is 12.1 Å². The molecule has 0 fully saturated rings. The number of ether oxygens (including phenoxy) is 1. The summed E-state index contributed by atoms with van der Waals surface area (Å²) in [5, 5.41) is 23.3. The topological polar surface area (TPSA) is 95.9 Å². The summed E-state index contributed by atoms with van der Waals surface area (Å²) in [6.45, 7) is 4.93. The molecule has 2 atom stereocenters. The maximum atomic E-state index is 12.5. The predicted molar refractivity (Wildman–Crippen MR) is 269 cm³/mol. The van der Waals surface area contributed by atoms with Gasteiger partial charge >= 0.3 is 5.97 Å². The Morgan fingerprint density at radius 2 is 0.758 bits per heavy atom. The van der Waals surface area contributed by atoms with E-state index in [0.717, 1.165) is 57.8 Å². The second-order valence-corrected chi connectivity index (χ2v) is 19.3. The van der Waals surface area contributed by atoms with Gasteiger partial charge in [0.1, 0.15) is 0 Å². The van der Waals surface area contributed by atoms with E-state index in [-0.39, 0.29) is 18.5 Å². The summed E-state index contributed by atoms with van der Waals surface area (Å²) < 4.78 is 5.47. The smallest absolute Gasteiger partial charge is 0.305 e. The largest absolute Gasteiger partial charge is 0.466 e. The van der Waals surface area contributed by atoms with Crippen LogP contribution in [0, 0.1) is 0 Å². The van der Waals surface area contributed by atoms with Crippen molar-refractivity contribution < 1.29 is 24.5 Å². The van der Waals surface area contributed by atoms with Crippen LogP contribution < -0.4 is 5.32 Å². The first-order chi connectivity index (χ1) is 30.5. The minimum absolute atomic E-state index is 0.0158. The van der Waals surface area contributed by atoms with Crippen molar-refractivity contribution in [1.82, 2.24) is 5.32 Å². The molecule has 0 aliphatic heterocycles. The van der Waals surface area contributed by atoms with Gasteiger partial charge in [-0.2, -0.15) is 0 Å². The fraction of sp³-hybridized carbons (Fsp3) is 0.929. The molecule has 368 valence electrons. The second kappa shape index (κ2) is 52.2. The van der Waals surface area contributed by atoms with Crippen LogP contribution in [0.15, 0.2) is 12.2 Å². The number of hydrogen-bond donors (Lipinski definition) is 3. The molecule has 0 aromatic carbocycles. The molecule has 1 amide bonds. The molecule has 6 nitrogen and oxygen atoms in total. The van der Waals surface area contributed by atoms with Crippen molar-refractivity contribution in [2.24, 2.45) is 0 Å². The zero-order valence-electron chi connectivity index (χ0n) is 41.9. The van der Waals surface area contributed by atoms with Gasteiger partial charge in [-0.1, -0.05) is 257 Å². The van der Waals surface area contributed by atoms with Crippen molar-refractivity contribution in [1.29, 1.82) is 0 Å². The normalized spacial score (nSPS) is 12.6. The van der Waals surface area contributed by atoms with Crippen LogP contribution in [0.4, 0.5) is 0 Å². The van der Waals surface area contributed by atoms with Gasteiger partial charge in [0.05, 0.1) is 25.4 Å². The van der Waals surface area contributed by atoms with E-state index in [4.69, 9.17) is 4.74 Å². The molecule has 0 saturated carbocycles. The third kappa shape index (κ3) is 48.1. The van der Waals surface area contributed by atoms with Crippen molar-refractivity contribution in [2.45, 2.75) is 321 Å². The van der Waals surface area contributed by atoms with Gasteiger partial charge in [-0.25, -0.2) is 0 Å². The van der Waals surface area contributed by atoms with E-state index in [1.807, 2.05) is 0 Å². The lowest BCUT2D eigenvalue weighted by molar-refractivity contribution is -0.143. The molecule has 3 N–H and O–H groups in total. The Balaban J connectivity index is 3.45. The van der Waals surface area contributed by atoms with Gasteiger partial charge in [0.15, 0.2) is 0 Å². The minimum Gasteiger partial charge on any atom is -0.466 e. The Bertz CT molecular complexity index is 924. The summed E-state index contributed by atoms with van der Waals surface area (Å²) in [5.74, 6) is -0.0644. The molecule has 0 bridgehead atoms. The van der Waals surface area contributed by atoms with Crippen LogP contribution in [0.5, 0.6) is 0 Å². The maximum Gasteiger partial charge on any atom is 0.305 e. The summed E-state index contributed by atoms with van der Waals surface area (Å²) in [6.07, 6.45) is 60.4. The number of aliphatic hydroxyl groups excluding tert-OH is 2. The highest BCUT2D eigenvalue weighted by Crippen LogP contribution is 2.17. The molecule has 0 rings (SSSR count). The Hall–Kier alpha value is -1.40. The van der Waals surface area contributed by atoms with Crippen LogP contribution >= 0.6 is 0 Å². The molecular formula is C56H109NO5. The fourth-order valence-electron chi connectivity index (χ4n) is 8.75. The lowest BCUT2D eigenvalue weighted by Crippen LogP contribution is -2.45. The average Bonchev–Trinajstić information content (AvgIpc) is 3.27. The van der Waals surface area contributed by atoms with Crippen LogP contribution in [-0.4, -0.2) is 47.4 Å². The van der Waals surface area contributed by atoms with Gasteiger partial charge in [-0.05, 0) is 51.4 Å². The molecule has 0 aliphatic rings. The highest BCUT2D eigenvalue weighted by molar-refractivity contribution is 5.76. The second-order valence-electron chi connectivity index (χ2n) is 19.3. The average molecular weight is 876 g/mol. The van der Waals surface area contributed by atoms with E-state index in [2.05, 4.69) is 31.3 Å². The molecule has 0 saturated heterocycles. The molecule has 0 heterocycles. The molecule has 0 aliphatic carbocycles. The lowest BCUT2D eigenvalue weighted by Gasteiger charge is -2.22. The van der Waals surface area contributed by atoms with E-state index >= 15 is 0 Å². The van der Waals surface area contributed by atoms with Gasteiger partial charge in [0, 0.05) is 12.8 Å². The number of nitrogens with one attached hydrogen (secondary N) is 1. The zero-order chi connectivity index (χ0) is 45.1. The summed E-state index contributed by atoms with van der Waals surface area (Å²) in [5.41, 5.74) is 0. The molecule has 62 heavy (non-hydrogen) atoms.